The summed E-state index contributed by atoms with van der Waals surface area (Å²) in [5.74, 6) is 1.67. The summed E-state index contributed by atoms with van der Waals surface area (Å²) in [5.41, 5.74) is 6.96. The summed E-state index contributed by atoms with van der Waals surface area (Å²) in [6.45, 7) is 1.96. The van der Waals surface area contributed by atoms with Crippen molar-refractivity contribution in [3.8, 4) is 11.5 Å². The highest BCUT2D eigenvalue weighted by Gasteiger charge is 2.08. The van der Waals surface area contributed by atoms with Crippen LogP contribution >= 0.6 is 27.7 Å². The van der Waals surface area contributed by atoms with Crippen LogP contribution in [0.3, 0.4) is 0 Å². The summed E-state index contributed by atoms with van der Waals surface area (Å²) in [6, 6.07) is 13.9. The second kappa shape index (κ2) is 6.46. The van der Waals surface area contributed by atoms with Crippen LogP contribution in [0.4, 0.5) is 0 Å². The van der Waals surface area contributed by atoms with Gasteiger partial charge in [-0.25, -0.2) is 0 Å². The Morgan fingerprint density at radius 3 is 2.58 bits per heavy atom. The Labute approximate surface area is 126 Å². The average Bonchev–Trinajstić information content (AvgIpc) is 2.39. The number of para-hydroxylation sites is 1. The van der Waals surface area contributed by atoms with Crippen molar-refractivity contribution in [1.29, 1.82) is 0 Å². The average molecular weight is 338 g/mol. The molecule has 0 amide bonds. The van der Waals surface area contributed by atoms with Gasteiger partial charge >= 0.3 is 0 Å². The second-order valence-electron chi connectivity index (χ2n) is 4.22. The molecule has 0 saturated carbocycles. The zero-order chi connectivity index (χ0) is 13.8. The van der Waals surface area contributed by atoms with E-state index in [0.29, 0.717) is 0 Å². The lowest BCUT2D eigenvalue weighted by atomic mass is 10.1. The van der Waals surface area contributed by atoms with Crippen LogP contribution in [0.5, 0.6) is 11.5 Å². The Balaban J connectivity index is 2.26. The first-order chi connectivity index (χ1) is 9.11. The van der Waals surface area contributed by atoms with Crippen molar-refractivity contribution in [2.24, 2.45) is 5.73 Å². The van der Waals surface area contributed by atoms with Gasteiger partial charge in [0.2, 0.25) is 0 Å². The lowest BCUT2D eigenvalue weighted by molar-refractivity contribution is 0.470. The fourth-order valence-corrected chi connectivity index (χ4v) is 3.02. The molecule has 0 fully saturated rings. The highest BCUT2D eigenvalue weighted by molar-refractivity contribution is 9.10. The van der Waals surface area contributed by atoms with E-state index in [9.17, 15) is 0 Å². The topological polar surface area (TPSA) is 35.2 Å². The van der Waals surface area contributed by atoms with Crippen LogP contribution < -0.4 is 10.5 Å². The number of benzene rings is 2. The van der Waals surface area contributed by atoms with Crippen molar-refractivity contribution >= 4 is 27.7 Å². The van der Waals surface area contributed by atoms with Crippen LogP contribution in [-0.2, 0) is 0 Å². The fourth-order valence-electron chi connectivity index (χ4n) is 1.77. The Morgan fingerprint density at radius 2 is 1.95 bits per heavy atom. The number of nitrogens with two attached hydrogens (primary N) is 1. The Hall–Kier alpha value is -0.970. The van der Waals surface area contributed by atoms with Crippen LogP contribution in [0.25, 0.3) is 0 Å². The zero-order valence-corrected chi connectivity index (χ0v) is 13.3. The van der Waals surface area contributed by atoms with Gasteiger partial charge < -0.3 is 10.5 Å². The fraction of sp³-hybridized carbons (Fsp3) is 0.200. The van der Waals surface area contributed by atoms with Crippen molar-refractivity contribution < 1.29 is 4.74 Å². The van der Waals surface area contributed by atoms with Gasteiger partial charge in [0.1, 0.15) is 11.5 Å². The first-order valence-corrected chi connectivity index (χ1v) is 7.99. The summed E-state index contributed by atoms with van der Waals surface area (Å²) in [4.78, 5) is 1.12. The molecule has 0 aliphatic carbocycles. The minimum absolute atomic E-state index is 0.00177. The third kappa shape index (κ3) is 3.53. The van der Waals surface area contributed by atoms with Crippen LogP contribution in [0, 0.1) is 0 Å². The minimum atomic E-state index is 0.00177. The van der Waals surface area contributed by atoms with Crippen LogP contribution in [0.15, 0.2) is 51.8 Å². The largest absolute Gasteiger partial charge is 0.456 e. The van der Waals surface area contributed by atoms with Crippen molar-refractivity contribution in [2.45, 2.75) is 17.9 Å². The molecular formula is C15H16BrNOS. The maximum absolute atomic E-state index is 5.92. The number of rotatable bonds is 4. The molecule has 2 aromatic rings. The van der Waals surface area contributed by atoms with Crippen molar-refractivity contribution in [3.05, 3.63) is 52.5 Å². The highest BCUT2D eigenvalue weighted by Crippen LogP contribution is 2.33. The molecule has 0 aromatic heterocycles. The standard InChI is InChI=1S/C15H16BrNOS/c1-10(17)12-8-7-11(9-13(12)16)18-14-5-3-4-6-15(14)19-2/h3-10H,17H2,1-2H3/t10-/m1/s1. The number of hydrogen-bond donors (Lipinski definition) is 1. The maximum Gasteiger partial charge on any atom is 0.140 e. The smallest absolute Gasteiger partial charge is 0.140 e. The Bertz CT molecular complexity index is 572. The molecule has 0 aliphatic heterocycles. The van der Waals surface area contributed by atoms with Gasteiger partial charge in [0.25, 0.3) is 0 Å². The summed E-state index contributed by atoms with van der Waals surface area (Å²) >= 11 is 5.20. The molecule has 0 bridgehead atoms. The van der Waals surface area contributed by atoms with E-state index in [1.54, 1.807) is 11.8 Å². The molecule has 0 unspecified atom stereocenters. The van der Waals surface area contributed by atoms with Crippen LogP contribution in [0.2, 0.25) is 0 Å². The van der Waals surface area contributed by atoms with Gasteiger partial charge in [-0.15, -0.1) is 11.8 Å². The summed E-state index contributed by atoms with van der Waals surface area (Å²) in [6.07, 6.45) is 2.04. The molecule has 4 heteroatoms. The van der Waals surface area contributed by atoms with Gasteiger partial charge in [-0.1, -0.05) is 34.1 Å². The molecule has 0 saturated heterocycles. The molecule has 0 heterocycles. The molecule has 2 rings (SSSR count). The molecule has 2 N–H and O–H groups in total. The van der Waals surface area contributed by atoms with Gasteiger partial charge in [0.15, 0.2) is 0 Å². The zero-order valence-electron chi connectivity index (χ0n) is 10.9. The lowest BCUT2D eigenvalue weighted by Gasteiger charge is -2.12. The molecule has 0 spiro atoms. The highest BCUT2D eigenvalue weighted by atomic mass is 79.9. The number of thioether (sulfide) groups is 1. The molecule has 1 atom stereocenters. The van der Waals surface area contributed by atoms with Gasteiger partial charge in [0, 0.05) is 15.4 Å². The van der Waals surface area contributed by atoms with E-state index in [4.69, 9.17) is 10.5 Å². The first-order valence-electron chi connectivity index (χ1n) is 5.97. The van der Waals surface area contributed by atoms with E-state index < -0.39 is 0 Å². The van der Waals surface area contributed by atoms with Gasteiger partial charge in [-0.05, 0) is 43.0 Å². The molecule has 19 heavy (non-hydrogen) atoms. The lowest BCUT2D eigenvalue weighted by Crippen LogP contribution is -2.05. The minimum Gasteiger partial charge on any atom is -0.456 e. The van der Waals surface area contributed by atoms with E-state index >= 15 is 0 Å². The summed E-state index contributed by atoms with van der Waals surface area (Å²) in [5, 5.41) is 0. The van der Waals surface area contributed by atoms with E-state index in [1.807, 2.05) is 55.6 Å². The van der Waals surface area contributed by atoms with Crippen LogP contribution in [0.1, 0.15) is 18.5 Å². The normalized spacial score (nSPS) is 12.2. The van der Waals surface area contributed by atoms with Crippen molar-refractivity contribution in [3.63, 3.8) is 0 Å². The predicted octanol–water partition coefficient (Wildman–Crippen LogP) is 4.98. The monoisotopic (exact) mass is 337 g/mol. The number of hydrogen-bond acceptors (Lipinski definition) is 3. The molecule has 100 valence electrons. The van der Waals surface area contributed by atoms with E-state index in [-0.39, 0.29) is 6.04 Å². The Kier molecular flexibility index (Phi) is 4.91. The summed E-state index contributed by atoms with van der Waals surface area (Å²) < 4.78 is 6.90. The van der Waals surface area contributed by atoms with Gasteiger partial charge in [0.05, 0.1) is 0 Å². The number of halogens is 1. The van der Waals surface area contributed by atoms with Crippen molar-refractivity contribution in [1.82, 2.24) is 0 Å². The van der Waals surface area contributed by atoms with Gasteiger partial charge in [-0.3, -0.25) is 0 Å². The van der Waals surface area contributed by atoms with E-state index in [0.717, 1.165) is 26.4 Å². The molecular weight excluding hydrogens is 322 g/mol. The molecule has 0 aliphatic rings. The van der Waals surface area contributed by atoms with Crippen LogP contribution in [-0.4, -0.2) is 6.26 Å². The number of ether oxygens (including phenoxy) is 1. The quantitative estimate of drug-likeness (QED) is 0.798. The van der Waals surface area contributed by atoms with Gasteiger partial charge in [-0.2, -0.15) is 0 Å². The summed E-state index contributed by atoms with van der Waals surface area (Å²) in [7, 11) is 0. The molecule has 2 nitrogen and oxygen atoms in total. The maximum atomic E-state index is 5.92. The third-order valence-electron chi connectivity index (χ3n) is 2.76. The Morgan fingerprint density at radius 1 is 1.21 bits per heavy atom. The molecule has 0 radical (unpaired) electrons. The SMILES string of the molecule is CSc1ccccc1Oc1ccc([C@@H](C)N)c(Br)c1. The molecule has 2 aromatic carbocycles. The van der Waals surface area contributed by atoms with Crippen molar-refractivity contribution in [2.75, 3.05) is 6.26 Å². The predicted molar refractivity (Wildman–Crippen MR) is 85.0 cm³/mol. The first kappa shape index (κ1) is 14.4. The van der Waals surface area contributed by atoms with E-state index in [2.05, 4.69) is 15.9 Å². The third-order valence-corrected chi connectivity index (χ3v) is 4.22. The second-order valence-corrected chi connectivity index (χ2v) is 5.93. The van der Waals surface area contributed by atoms with E-state index in [1.165, 1.54) is 0 Å².